The van der Waals surface area contributed by atoms with Gasteiger partial charge in [0.15, 0.2) is 0 Å². The van der Waals surface area contributed by atoms with Crippen molar-refractivity contribution in [3.63, 3.8) is 0 Å². The van der Waals surface area contributed by atoms with E-state index in [2.05, 4.69) is 0 Å². The van der Waals surface area contributed by atoms with Crippen LogP contribution in [0, 0.1) is 0 Å². The molecule has 0 aliphatic carbocycles. The Bertz CT molecular complexity index is 37.8. The van der Waals surface area contributed by atoms with Gasteiger partial charge in [-0.25, -0.2) is 0 Å². The van der Waals surface area contributed by atoms with E-state index in [0.29, 0.717) is 0 Å². The van der Waals surface area contributed by atoms with E-state index in [1.54, 1.807) is 6.92 Å². The van der Waals surface area contributed by atoms with Crippen molar-refractivity contribution in [2.75, 3.05) is 6.61 Å². The molecule has 0 saturated heterocycles. The quantitative estimate of drug-likeness (QED) is 0.654. The summed E-state index contributed by atoms with van der Waals surface area (Å²) in [5, 5.41) is 7.57. The van der Waals surface area contributed by atoms with Gasteiger partial charge in [0.05, 0.1) is 0 Å². The van der Waals surface area contributed by atoms with Gasteiger partial charge >= 0.3 is 49.5 Å². The molecular formula is C2H6Cl4HfO. The third kappa shape index (κ3) is 98.6. The Hall–Kier alpha value is 1.99. The molecule has 0 fully saturated rings. The Kier molecular flexibility index (Phi) is 11.2. The number of rotatable bonds is 0. The molecule has 6 heteroatoms. The standard InChI is InChI=1S/C2H6O.4ClH.Hf/c1-2-3;;;;;/h3H,2H2,1H3;4*1H;/q;;;;;+4/p-4. The summed E-state index contributed by atoms with van der Waals surface area (Å²) in [5.41, 5.74) is 0. The summed E-state index contributed by atoms with van der Waals surface area (Å²) in [5.74, 6) is 0. The van der Waals surface area contributed by atoms with E-state index in [1.165, 1.54) is 0 Å². The summed E-state index contributed by atoms with van der Waals surface area (Å²) >= 11 is -3.39. The average molecular weight is 366 g/mol. The Morgan fingerprint density at radius 3 is 1.25 bits per heavy atom. The predicted octanol–water partition coefficient (Wildman–Crippen LogP) is 2.75. The Morgan fingerprint density at radius 1 is 1.25 bits per heavy atom. The zero-order valence-corrected chi connectivity index (χ0v) is 10.8. The van der Waals surface area contributed by atoms with E-state index in [1.807, 2.05) is 0 Å². The second kappa shape index (κ2) is 7.10. The van der Waals surface area contributed by atoms with Gasteiger partial charge in [0.25, 0.3) is 0 Å². The van der Waals surface area contributed by atoms with Crippen LogP contribution >= 0.6 is 34.3 Å². The molecule has 8 heavy (non-hydrogen) atoms. The minimum atomic E-state index is -3.39. The molecular weight excluding hydrogens is 360 g/mol. The van der Waals surface area contributed by atoms with Crippen molar-refractivity contribution in [3.8, 4) is 0 Å². The van der Waals surface area contributed by atoms with Gasteiger partial charge in [0.1, 0.15) is 0 Å². The summed E-state index contributed by atoms with van der Waals surface area (Å²) in [4.78, 5) is 0. The molecule has 0 unspecified atom stereocenters. The number of hydrogen-bond donors (Lipinski definition) is 1. The molecule has 52 valence electrons. The molecule has 0 bridgehead atoms. The molecule has 0 rings (SSSR count). The number of aliphatic hydroxyl groups excluding tert-OH is 1. The second-order valence-electron chi connectivity index (χ2n) is 0.745. The van der Waals surface area contributed by atoms with Gasteiger partial charge in [-0.3, -0.25) is 0 Å². The topological polar surface area (TPSA) is 20.2 Å². The Morgan fingerprint density at radius 2 is 1.25 bits per heavy atom. The fraction of sp³-hybridized carbons (Fsp3) is 1.00. The molecule has 0 aromatic rings. The first-order chi connectivity index (χ1) is 3.41. The first-order valence-electron chi connectivity index (χ1n) is 1.78. The van der Waals surface area contributed by atoms with Crippen molar-refractivity contribution in [2.45, 2.75) is 6.92 Å². The van der Waals surface area contributed by atoms with E-state index in [0.717, 1.165) is 0 Å². The normalized spacial score (nSPS) is 9.75. The van der Waals surface area contributed by atoms with Crippen molar-refractivity contribution in [1.82, 2.24) is 0 Å². The summed E-state index contributed by atoms with van der Waals surface area (Å²) < 4.78 is 0. The molecule has 0 saturated carbocycles. The zero-order chi connectivity index (χ0) is 7.21. The van der Waals surface area contributed by atoms with E-state index < -0.39 is 15.2 Å². The van der Waals surface area contributed by atoms with Gasteiger partial charge in [-0.05, 0) is 6.92 Å². The molecule has 0 spiro atoms. The summed E-state index contributed by atoms with van der Waals surface area (Å²) in [7, 11) is 20.2. The van der Waals surface area contributed by atoms with Crippen LogP contribution in [-0.4, -0.2) is 11.7 Å². The predicted molar refractivity (Wildman–Crippen MR) is 36.2 cm³/mol. The molecule has 0 aromatic carbocycles. The van der Waals surface area contributed by atoms with Gasteiger partial charge in [-0.1, -0.05) is 0 Å². The molecule has 0 heterocycles. The van der Waals surface area contributed by atoms with Crippen molar-refractivity contribution >= 4 is 34.3 Å². The van der Waals surface area contributed by atoms with Crippen LogP contribution in [0.15, 0.2) is 0 Å². The minimum absolute atomic E-state index is 0.250. The third-order valence-corrected chi connectivity index (χ3v) is 0. The van der Waals surface area contributed by atoms with E-state index >= 15 is 0 Å². The molecule has 0 aromatic heterocycles. The number of aliphatic hydroxyl groups is 1. The monoisotopic (exact) mass is 366 g/mol. The van der Waals surface area contributed by atoms with Crippen molar-refractivity contribution in [3.05, 3.63) is 0 Å². The molecule has 0 aliphatic rings. The number of hydrogen-bond acceptors (Lipinski definition) is 1. The summed E-state index contributed by atoms with van der Waals surface area (Å²) in [6.07, 6.45) is 0. The van der Waals surface area contributed by atoms with E-state index in [4.69, 9.17) is 39.4 Å². The summed E-state index contributed by atoms with van der Waals surface area (Å²) in [6, 6.07) is 0. The van der Waals surface area contributed by atoms with Crippen molar-refractivity contribution in [2.24, 2.45) is 0 Å². The average Bonchev–Trinajstić information content (AvgIpc) is 1.27. The van der Waals surface area contributed by atoms with Crippen LogP contribution in [-0.2, 0) is 15.2 Å². The van der Waals surface area contributed by atoms with Crippen LogP contribution in [0.4, 0.5) is 0 Å². The van der Waals surface area contributed by atoms with Crippen LogP contribution in [0.2, 0.25) is 0 Å². The van der Waals surface area contributed by atoms with Crippen LogP contribution in [0.1, 0.15) is 6.92 Å². The second-order valence-corrected chi connectivity index (χ2v) is 31.9. The SMILES string of the molecule is CCO.[Cl][Hf]([Cl])([Cl])[Cl]. The van der Waals surface area contributed by atoms with Crippen LogP contribution in [0.25, 0.3) is 0 Å². The van der Waals surface area contributed by atoms with Crippen LogP contribution in [0.5, 0.6) is 0 Å². The molecule has 0 atom stereocenters. The maximum absolute atomic E-state index is 7.57. The van der Waals surface area contributed by atoms with Crippen LogP contribution in [0.3, 0.4) is 0 Å². The molecule has 0 amide bonds. The van der Waals surface area contributed by atoms with Gasteiger partial charge in [-0.15, -0.1) is 0 Å². The fourth-order valence-corrected chi connectivity index (χ4v) is 0. The van der Waals surface area contributed by atoms with E-state index in [-0.39, 0.29) is 6.61 Å². The van der Waals surface area contributed by atoms with Gasteiger partial charge < -0.3 is 5.11 Å². The van der Waals surface area contributed by atoms with Gasteiger partial charge in [0.2, 0.25) is 0 Å². The first-order valence-corrected chi connectivity index (χ1v) is 19.6. The molecule has 1 N–H and O–H groups in total. The van der Waals surface area contributed by atoms with Crippen molar-refractivity contribution < 1.29 is 20.3 Å². The Balaban J connectivity index is 0. The number of halogens is 4. The molecule has 0 aliphatic heterocycles. The van der Waals surface area contributed by atoms with Gasteiger partial charge in [0, 0.05) is 6.61 Å². The Labute approximate surface area is 67.5 Å². The fourth-order valence-electron chi connectivity index (χ4n) is 0. The first kappa shape index (κ1) is 12.6. The summed E-state index contributed by atoms with van der Waals surface area (Å²) in [6.45, 7) is 1.93. The maximum atomic E-state index is 7.57. The van der Waals surface area contributed by atoms with Gasteiger partial charge in [-0.2, -0.15) is 0 Å². The molecule has 1 nitrogen and oxygen atoms in total. The molecule has 0 radical (unpaired) electrons. The van der Waals surface area contributed by atoms with Crippen molar-refractivity contribution in [1.29, 1.82) is 0 Å². The third-order valence-electron chi connectivity index (χ3n) is 0. The van der Waals surface area contributed by atoms with Crippen LogP contribution < -0.4 is 0 Å². The zero-order valence-electron chi connectivity index (χ0n) is 4.17. The van der Waals surface area contributed by atoms with E-state index in [9.17, 15) is 0 Å².